The van der Waals surface area contributed by atoms with Crippen LogP contribution < -0.4 is 0 Å². The van der Waals surface area contributed by atoms with Gasteiger partial charge in [-0.15, -0.1) is 0 Å². The summed E-state index contributed by atoms with van der Waals surface area (Å²) in [5.74, 6) is -0.0770. The third-order valence-corrected chi connectivity index (χ3v) is 8.29. The second-order valence-electron chi connectivity index (χ2n) is 13.3. The Kier molecular flexibility index (Phi) is 31.6. The smallest absolute Gasteiger partial charge is 0.306 e. The maximum absolute atomic E-state index is 12.6. The first-order chi connectivity index (χ1) is 21.4. The van der Waals surface area contributed by atoms with Gasteiger partial charge in [-0.05, 0) is 25.2 Å². The predicted molar refractivity (Wildman–Crippen MR) is 183 cm³/mol. The molecule has 0 N–H and O–H groups in total. The molecule has 0 spiro atoms. The largest absolute Gasteiger partial charge is 0.462 e. The van der Waals surface area contributed by atoms with Crippen LogP contribution in [0, 0.1) is 5.92 Å². The number of hydrogen-bond acceptors (Lipinski definition) is 6. The van der Waals surface area contributed by atoms with E-state index in [1.807, 2.05) is 0 Å². The van der Waals surface area contributed by atoms with Crippen LogP contribution in [0.25, 0.3) is 0 Å². The standard InChI is InChI=1S/C38H72O6/c1-5-7-9-11-12-14-18-22-26-30-37(40)43-33-35(32-42-36(39)29-25-20-10-8-6-2)44-38(41)31-27-23-19-16-13-15-17-21-24-28-34(3)4/h34-35H,5-33H2,1-4H3/t35-/m0/s1. The maximum Gasteiger partial charge on any atom is 0.306 e. The summed E-state index contributed by atoms with van der Waals surface area (Å²) in [5.41, 5.74) is 0. The van der Waals surface area contributed by atoms with E-state index in [0.717, 1.165) is 70.1 Å². The van der Waals surface area contributed by atoms with E-state index in [9.17, 15) is 14.4 Å². The molecule has 0 aliphatic rings. The van der Waals surface area contributed by atoms with E-state index < -0.39 is 6.10 Å². The molecule has 44 heavy (non-hydrogen) atoms. The molecule has 0 aromatic heterocycles. The molecule has 6 nitrogen and oxygen atoms in total. The topological polar surface area (TPSA) is 78.9 Å². The van der Waals surface area contributed by atoms with Gasteiger partial charge in [0, 0.05) is 19.3 Å². The molecule has 0 amide bonds. The normalized spacial score (nSPS) is 11.9. The molecule has 0 fully saturated rings. The van der Waals surface area contributed by atoms with Gasteiger partial charge in [-0.25, -0.2) is 0 Å². The molecule has 0 bridgehead atoms. The van der Waals surface area contributed by atoms with Crippen molar-refractivity contribution in [3.63, 3.8) is 0 Å². The minimum Gasteiger partial charge on any atom is -0.462 e. The van der Waals surface area contributed by atoms with Gasteiger partial charge < -0.3 is 14.2 Å². The van der Waals surface area contributed by atoms with Gasteiger partial charge in [0.05, 0.1) is 0 Å². The van der Waals surface area contributed by atoms with Gasteiger partial charge >= 0.3 is 17.9 Å². The van der Waals surface area contributed by atoms with Crippen molar-refractivity contribution in [2.24, 2.45) is 5.92 Å². The Bertz CT molecular complexity index is 662. The van der Waals surface area contributed by atoms with Gasteiger partial charge in [-0.1, -0.05) is 163 Å². The van der Waals surface area contributed by atoms with Crippen LogP contribution in [0.2, 0.25) is 0 Å². The number of esters is 3. The van der Waals surface area contributed by atoms with Crippen LogP contribution in [0.1, 0.15) is 201 Å². The van der Waals surface area contributed by atoms with E-state index in [1.54, 1.807) is 0 Å². The fourth-order valence-corrected chi connectivity index (χ4v) is 5.39. The predicted octanol–water partition coefficient (Wildman–Crippen LogP) is 11.2. The van der Waals surface area contributed by atoms with Crippen molar-refractivity contribution < 1.29 is 28.6 Å². The fraction of sp³-hybridized carbons (Fsp3) is 0.921. The van der Waals surface area contributed by atoms with Crippen molar-refractivity contribution in [3.05, 3.63) is 0 Å². The van der Waals surface area contributed by atoms with Gasteiger partial charge in [0.15, 0.2) is 6.10 Å². The highest BCUT2D eigenvalue weighted by Gasteiger charge is 2.19. The van der Waals surface area contributed by atoms with Gasteiger partial charge in [-0.2, -0.15) is 0 Å². The van der Waals surface area contributed by atoms with E-state index in [2.05, 4.69) is 27.7 Å². The van der Waals surface area contributed by atoms with Crippen molar-refractivity contribution in [1.29, 1.82) is 0 Å². The summed E-state index contributed by atoms with van der Waals surface area (Å²) in [6.45, 7) is 8.84. The van der Waals surface area contributed by atoms with E-state index in [4.69, 9.17) is 14.2 Å². The number of hydrogen-bond donors (Lipinski definition) is 0. The van der Waals surface area contributed by atoms with Crippen LogP contribution in [0.3, 0.4) is 0 Å². The summed E-state index contributed by atoms with van der Waals surface area (Å²) in [5, 5.41) is 0. The minimum atomic E-state index is -0.755. The Hall–Kier alpha value is -1.59. The molecule has 0 saturated heterocycles. The molecule has 0 heterocycles. The quantitative estimate of drug-likeness (QED) is 0.0410. The summed E-state index contributed by atoms with van der Waals surface area (Å²) in [6, 6.07) is 0. The number of ether oxygens (including phenoxy) is 3. The Morgan fingerprint density at radius 2 is 0.750 bits per heavy atom. The lowest BCUT2D eigenvalue weighted by atomic mass is 10.0. The van der Waals surface area contributed by atoms with Crippen molar-refractivity contribution in [2.75, 3.05) is 13.2 Å². The number of carbonyl (C=O) groups excluding carboxylic acids is 3. The van der Waals surface area contributed by atoms with Crippen LogP contribution in [-0.2, 0) is 28.6 Å². The molecule has 0 aliphatic carbocycles. The second kappa shape index (κ2) is 32.8. The third kappa shape index (κ3) is 31.8. The number of unbranched alkanes of at least 4 members (excludes halogenated alkanes) is 20. The molecule has 0 unspecified atom stereocenters. The molecule has 6 heteroatoms. The first-order valence-electron chi connectivity index (χ1n) is 18.9. The van der Waals surface area contributed by atoms with E-state index in [0.29, 0.717) is 19.3 Å². The highest BCUT2D eigenvalue weighted by atomic mass is 16.6. The zero-order valence-corrected chi connectivity index (χ0v) is 29.6. The molecule has 0 aliphatic heterocycles. The zero-order chi connectivity index (χ0) is 32.5. The van der Waals surface area contributed by atoms with Crippen molar-refractivity contribution in [1.82, 2.24) is 0 Å². The maximum atomic E-state index is 12.6. The molecule has 0 aromatic carbocycles. The first kappa shape index (κ1) is 42.4. The Morgan fingerprint density at radius 1 is 0.432 bits per heavy atom. The van der Waals surface area contributed by atoms with Gasteiger partial charge in [0.2, 0.25) is 0 Å². The Balaban J connectivity index is 4.28. The van der Waals surface area contributed by atoms with Crippen LogP contribution in [0.5, 0.6) is 0 Å². The monoisotopic (exact) mass is 625 g/mol. The Morgan fingerprint density at radius 3 is 1.11 bits per heavy atom. The Labute approximate surface area is 272 Å². The number of rotatable bonds is 33. The summed E-state index contributed by atoms with van der Waals surface area (Å²) < 4.78 is 16.5. The van der Waals surface area contributed by atoms with Crippen LogP contribution in [0.4, 0.5) is 0 Å². The average molecular weight is 625 g/mol. The summed E-state index contributed by atoms with van der Waals surface area (Å²) in [4.78, 5) is 37.1. The van der Waals surface area contributed by atoms with Gasteiger partial charge in [-0.3, -0.25) is 14.4 Å². The highest BCUT2D eigenvalue weighted by Crippen LogP contribution is 2.15. The molecule has 1 atom stereocenters. The first-order valence-corrected chi connectivity index (χ1v) is 18.9. The molecule has 0 radical (unpaired) electrons. The van der Waals surface area contributed by atoms with Gasteiger partial charge in [0.1, 0.15) is 13.2 Å². The van der Waals surface area contributed by atoms with Crippen LogP contribution >= 0.6 is 0 Å². The molecule has 0 aromatic rings. The highest BCUT2D eigenvalue weighted by molar-refractivity contribution is 5.71. The molecular formula is C38H72O6. The van der Waals surface area contributed by atoms with E-state index >= 15 is 0 Å². The zero-order valence-electron chi connectivity index (χ0n) is 29.6. The van der Waals surface area contributed by atoms with Crippen LogP contribution in [0.15, 0.2) is 0 Å². The lowest BCUT2D eigenvalue weighted by Crippen LogP contribution is -2.30. The van der Waals surface area contributed by atoms with Crippen molar-refractivity contribution in [3.8, 4) is 0 Å². The summed E-state index contributed by atoms with van der Waals surface area (Å²) in [7, 11) is 0. The third-order valence-electron chi connectivity index (χ3n) is 8.29. The van der Waals surface area contributed by atoms with Crippen LogP contribution in [-0.4, -0.2) is 37.2 Å². The minimum absolute atomic E-state index is 0.0665. The lowest BCUT2D eigenvalue weighted by Gasteiger charge is -2.18. The number of carbonyl (C=O) groups is 3. The second-order valence-corrected chi connectivity index (χ2v) is 13.3. The SMILES string of the molecule is CCCCCCCCCCCC(=O)OC[C@H](COC(=O)CCCCCCC)OC(=O)CCCCCCCCCCCC(C)C. The fourth-order valence-electron chi connectivity index (χ4n) is 5.39. The average Bonchev–Trinajstić information content (AvgIpc) is 3.00. The molecule has 260 valence electrons. The van der Waals surface area contributed by atoms with E-state index in [1.165, 1.54) is 89.9 Å². The summed E-state index contributed by atoms with van der Waals surface area (Å²) in [6.07, 6.45) is 28.3. The molecule has 0 rings (SSSR count). The molecular weight excluding hydrogens is 552 g/mol. The van der Waals surface area contributed by atoms with Crippen molar-refractivity contribution >= 4 is 17.9 Å². The lowest BCUT2D eigenvalue weighted by molar-refractivity contribution is -0.167. The summed E-state index contributed by atoms with van der Waals surface area (Å²) >= 11 is 0. The molecule has 0 saturated carbocycles. The van der Waals surface area contributed by atoms with Crippen molar-refractivity contribution in [2.45, 2.75) is 207 Å². The van der Waals surface area contributed by atoms with E-state index in [-0.39, 0.29) is 31.1 Å². The van der Waals surface area contributed by atoms with Gasteiger partial charge in [0.25, 0.3) is 0 Å².